The number of aldehydes is 3. The second-order valence-electron chi connectivity index (χ2n) is 21.2. The van der Waals surface area contributed by atoms with Crippen LogP contribution >= 0.6 is 34.8 Å². The molecule has 0 atom stereocenters. The fraction of sp³-hybridized carbons (Fsp3) is 0.763. The van der Waals surface area contributed by atoms with Crippen LogP contribution < -0.4 is 43.0 Å². The van der Waals surface area contributed by atoms with E-state index in [-0.39, 0.29) is 147 Å². The molecule has 8 N–H and O–H groups in total. The Morgan fingerprint density at radius 2 is 0.615 bits per heavy atom. The molecule has 0 saturated heterocycles. The van der Waals surface area contributed by atoms with Gasteiger partial charge in [-0.3, -0.25) is 33.6 Å². The van der Waals surface area contributed by atoms with Crippen molar-refractivity contribution in [2.24, 2.45) is 0 Å². The lowest BCUT2D eigenvalue weighted by Crippen LogP contribution is -2.58. The smallest absolute Gasteiger partial charge is 0.407 e. The van der Waals surface area contributed by atoms with E-state index >= 15 is 0 Å². The molecule has 0 bridgehead atoms. The molecular formula is C59H97Cl3N8O21. The average Bonchev–Trinajstić information content (AvgIpc) is 2.06. The van der Waals surface area contributed by atoms with E-state index in [9.17, 15) is 67.1 Å². The lowest BCUT2D eigenvalue weighted by atomic mass is 10.0. The SMILES string of the molecule is O=CCCC(=O)NOC(=O)CCCCCCCNC(=O)CCOCC(COCCC(=O)NCCCCCCCC(=O)ONC(=O)CCC=O)(COCCC(=O)NCCCCCCC(=O)ONC(=O)CCC=O)NC(=O)CCCCCCCNC(=O)OCC(Cl)(Cl)Cl. The first-order chi connectivity index (χ1) is 43.7. The first-order valence-corrected chi connectivity index (χ1v) is 32.4. The Labute approximate surface area is 547 Å². The van der Waals surface area contributed by atoms with Gasteiger partial charge in [0, 0.05) is 110 Å². The van der Waals surface area contributed by atoms with Crippen molar-refractivity contribution in [3.05, 3.63) is 0 Å². The third kappa shape index (κ3) is 57.4. The Balaban J connectivity index is 5.60. The monoisotopic (exact) mass is 1360 g/mol. The Morgan fingerprint density at radius 3 is 0.934 bits per heavy atom. The summed E-state index contributed by atoms with van der Waals surface area (Å²) < 4.78 is 21.3. The highest BCUT2D eigenvalue weighted by atomic mass is 35.6. The number of halogens is 3. The highest BCUT2D eigenvalue weighted by Gasteiger charge is 2.34. The predicted octanol–water partition coefficient (Wildman–Crippen LogP) is 5.14. The molecule has 0 aliphatic carbocycles. The predicted molar refractivity (Wildman–Crippen MR) is 331 cm³/mol. The Kier molecular flexibility index (Phi) is 53.6. The zero-order valence-corrected chi connectivity index (χ0v) is 54.6. The minimum atomic E-state index is -1.73. The molecule has 0 aromatic rings. The van der Waals surface area contributed by atoms with E-state index in [1.807, 2.05) is 16.4 Å². The summed E-state index contributed by atoms with van der Waals surface area (Å²) in [5.74, 6) is -4.71. The summed E-state index contributed by atoms with van der Waals surface area (Å²) in [4.78, 5) is 180. The largest absolute Gasteiger partial charge is 0.445 e. The Hall–Kier alpha value is -6.27. The molecule has 0 heterocycles. The van der Waals surface area contributed by atoms with Crippen molar-refractivity contribution in [2.75, 3.05) is 72.4 Å². The number of ether oxygens (including phenoxy) is 4. The standard InChI is InChI=1S/C59H97Cl3N8O21/c60-59(61,62)46-88-57(84)66-36-19-10-1-4-12-23-50(77)67-58(45-87-42-32-49(76)65-35-18-11-7-15-29-56(83)91-70-53(80)26-22-39-73,43-85-40-30-47(74)63-33-16-8-2-5-13-27-54(81)89-68-51(78)24-20-37-71)44-86-41-31-48(75)64-34-17-9-3-6-14-28-55(82)90-69-52(79)25-21-38-72/h37-39H,1-36,40-46H2,(H,63,74)(H,64,75)(H,65,76)(H,66,84)(H,67,77)(H,68,78)(H,69,79)(H,70,80). The number of amides is 8. The maximum atomic E-state index is 13.7. The molecular weight excluding hydrogens is 1260 g/mol. The van der Waals surface area contributed by atoms with Crippen LogP contribution in [0.5, 0.6) is 0 Å². The van der Waals surface area contributed by atoms with Crippen molar-refractivity contribution < 1.29 is 101 Å². The summed E-state index contributed by atoms with van der Waals surface area (Å²) >= 11 is 16.9. The van der Waals surface area contributed by atoms with Gasteiger partial charge < -0.3 is 74.4 Å². The number of hydrogen-bond donors (Lipinski definition) is 8. The lowest BCUT2D eigenvalue weighted by Gasteiger charge is -2.34. The zero-order valence-electron chi connectivity index (χ0n) is 52.3. The van der Waals surface area contributed by atoms with E-state index in [1.54, 1.807) is 0 Å². The molecule has 0 rings (SSSR count). The van der Waals surface area contributed by atoms with Gasteiger partial charge in [-0.1, -0.05) is 105 Å². The number of carbonyl (C=O) groups is 14. The van der Waals surface area contributed by atoms with Gasteiger partial charge in [0.05, 0.1) is 39.6 Å². The maximum absolute atomic E-state index is 13.7. The van der Waals surface area contributed by atoms with Crippen LogP contribution in [-0.4, -0.2) is 166 Å². The Bertz CT molecular complexity index is 2070. The number of rotatable bonds is 57. The maximum Gasteiger partial charge on any atom is 0.407 e. The summed E-state index contributed by atoms with van der Waals surface area (Å²) in [5, 5.41) is 14.2. The fourth-order valence-electron chi connectivity index (χ4n) is 7.98. The van der Waals surface area contributed by atoms with Gasteiger partial charge in [0.2, 0.25) is 27.4 Å². The number of carbonyl (C=O) groups excluding carboxylic acids is 14. The molecule has 8 amide bonds. The highest BCUT2D eigenvalue weighted by molar-refractivity contribution is 6.67. The van der Waals surface area contributed by atoms with Crippen LogP contribution in [0.1, 0.15) is 205 Å². The summed E-state index contributed by atoms with van der Waals surface area (Å²) in [6.07, 6.45) is 13.9. The summed E-state index contributed by atoms with van der Waals surface area (Å²) in [6.45, 7) is 0.339. The number of unbranched alkanes of at least 4 members (excludes halogenated alkanes) is 15. The molecule has 0 radical (unpaired) electrons. The molecule has 0 aromatic heterocycles. The van der Waals surface area contributed by atoms with Crippen molar-refractivity contribution in [1.29, 1.82) is 0 Å². The molecule has 0 saturated carbocycles. The lowest BCUT2D eigenvalue weighted by molar-refractivity contribution is -0.158. The van der Waals surface area contributed by atoms with Gasteiger partial charge in [-0.25, -0.2) is 19.2 Å². The molecule has 91 heavy (non-hydrogen) atoms. The third-order valence-corrected chi connectivity index (χ3v) is 13.2. The average molecular weight is 1360 g/mol. The molecule has 0 spiro atoms. The molecule has 0 aliphatic heterocycles. The molecule has 0 fully saturated rings. The number of nitrogens with one attached hydrogen (secondary N) is 8. The molecule has 0 aliphatic rings. The normalized spacial score (nSPS) is 11.0. The van der Waals surface area contributed by atoms with Crippen LogP contribution in [0.2, 0.25) is 0 Å². The fourth-order valence-corrected chi connectivity index (χ4v) is 8.15. The molecule has 520 valence electrons. The van der Waals surface area contributed by atoms with Crippen molar-refractivity contribution in [3.63, 3.8) is 0 Å². The van der Waals surface area contributed by atoms with Crippen molar-refractivity contribution in [2.45, 2.75) is 215 Å². The van der Waals surface area contributed by atoms with E-state index in [0.29, 0.717) is 116 Å². The van der Waals surface area contributed by atoms with Gasteiger partial charge in [0.15, 0.2) is 0 Å². The van der Waals surface area contributed by atoms with Crippen molar-refractivity contribution in [3.8, 4) is 0 Å². The molecule has 29 nitrogen and oxygen atoms in total. The van der Waals surface area contributed by atoms with Gasteiger partial charge in [0.1, 0.15) is 31.0 Å². The van der Waals surface area contributed by atoms with Crippen LogP contribution in [0.15, 0.2) is 0 Å². The van der Waals surface area contributed by atoms with E-state index in [0.717, 1.165) is 51.4 Å². The van der Waals surface area contributed by atoms with Gasteiger partial charge in [0.25, 0.3) is 17.7 Å². The summed E-state index contributed by atoms with van der Waals surface area (Å²) in [7, 11) is 0. The van der Waals surface area contributed by atoms with E-state index in [2.05, 4.69) is 26.6 Å². The zero-order chi connectivity index (χ0) is 67.5. The van der Waals surface area contributed by atoms with Crippen LogP contribution in [0.3, 0.4) is 0 Å². The second-order valence-corrected chi connectivity index (χ2v) is 23.8. The topological polar surface area (TPSA) is 400 Å². The molecule has 0 aromatic carbocycles. The second kappa shape index (κ2) is 57.6. The van der Waals surface area contributed by atoms with Gasteiger partial charge in [-0.2, -0.15) is 16.4 Å². The summed E-state index contributed by atoms with van der Waals surface area (Å²) in [5.41, 5.74) is 4.68. The van der Waals surface area contributed by atoms with Crippen LogP contribution in [0, 0.1) is 0 Å². The first-order valence-electron chi connectivity index (χ1n) is 31.3. The Morgan fingerprint density at radius 1 is 0.319 bits per heavy atom. The van der Waals surface area contributed by atoms with Crippen LogP contribution in [0.25, 0.3) is 0 Å². The number of alkyl halides is 3. The van der Waals surface area contributed by atoms with Gasteiger partial charge in [-0.15, -0.1) is 0 Å². The minimum absolute atomic E-state index is 0.0137. The van der Waals surface area contributed by atoms with Gasteiger partial charge >= 0.3 is 24.0 Å². The summed E-state index contributed by atoms with van der Waals surface area (Å²) in [6, 6.07) is 0. The minimum Gasteiger partial charge on any atom is -0.445 e. The van der Waals surface area contributed by atoms with Crippen LogP contribution in [0.4, 0.5) is 4.79 Å². The van der Waals surface area contributed by atoms with Crippen molar-refractivity contribution >= 4 is 119 Å². The highest BCUT2D eigenvalue weighted by Crippen LogP contribution is 2.26. The van der Waals surface area contributed by atoms with Gasteiger partial charge in [-0.05, 0) is 51.4 Å². The molecule has 32 heteroatoms. The third-order valence-electron chi connectivity index (χ3n) is 12.9. The van der Waals surface area contributed by atoms with Crippen LogP contribution in [-0.2, 0) is 95.8 Å². The van der Waals surface area contributed by atoms with E-state index in [1.165, 1.54) is 0 Å². The number of alkyl carbamates (subject to hydrolysis) is 1. The van der Waals surface area contributed by atoms with Crippen molar-refractivity contribution in [1.82, 2.24) is 43.0 Å². The van der Waals surface area contributed by atoms with E-state index < -0.39 is 57.7 Å². The number of hydroxylamine groups is 3. The number of hydrogen-bond acceptors (Lipinski definition) is 21. The van der Waals surface area contributed by atoms with E-state index in [4.69, 9.17) is 68.3 Å². The first kappa shape index (κ1) is 84.7. The quantitative estimate of drug-likeness (QED) is 0.0128. The molecule has 0 unspecified atom stereocenters.